The number of thioether (sulfide) groups is 1. The first kappa shape index (κ1) is 26.7. The van der Waals surface area contributed by atoms with Crippen LogP contribution in [0.25, 0.3) is 6.08 Å². The SMILES string of the molecule is O=C(O)CN1C(=O)/C(=C\c2ccc3c(c2)C2CCCC2N3c2ccc(N(CC(=O)O)CC(=O)O)cc2)SC1=S. The Morgan fingerprint density at radius 1 is 1.00 bits per heavy atom. The van der Waals surface area contributed by atoms with Crippen LogP contribution in [0.15, 0.2) is 47.4 Å². The molecule has 0 spiro atoms. The van der Waals surface area contributed by atoms with Crippen molar-refractivity contribution in [2.24, 2.45) is 0 Å². The van der Waals surface area contributed by atoms with Crippen molar-refractivity contribution in [2.45, 2.75) is 31.2 Å². The van der Waals surface area contributed by atoms with Gasteiger partial charge in [-0.25, -0.2) is 0 Å². The number of fused-ring (bicyclic) bond motifs is 3. The second kappa shape index (κ2) is 10.7. The van der Waals surface area contributed by atoms with Crippen LogP contribution in [0, 0.1) is 0 Å². The zero-order chi connectivity index (χ0) is 27.8. The summed E-state index contributed by atoms with van der Waals surface area (Å²) in [6.07, 6.45) is 4.87. The monoisotopic (exact) mass is 567 g/mol. The molecule has 0 radical (unpaired) electrons. The molecule has 2 aromatic carbocycles. The third kappa shape index (κ3) is 5.34. The first-order valence-electron chi connectivity index (χ1n) is 12.3. The lowest BCUT2D eigenvalue weighted by Crippen LogP contribution is -2.34. The molecule has 2 heterocycles. The summed E-state index contributed by atoms with van der Waals surface area (Å²) < 4.78 is 0.227. The number of carbonyl (C=O) groups excluding carboxylic acids is 1. The molecule has 5 rings (SSSR count). The highest BCUT2D eigenvalue weighted by atomic mass is 32.2. The summed E-state index contributed by atoms with van der Waals surface area (Å²) in [5.41, 5.74) is 4.52. The molecule has 2 aromatic rings. The molecule has 3 aliphatic rings. The number of benzene rings is 2. The number of amides is 1. The van der Waals surface area contributed by atoms with Gasteiger partial charge in [0.2, 0.25) is 0 Å². The zero-order valence-corrected chi connectivity index (χ0v) is 22.3. The van der Waals surface area contributed by atoms with E-state index in [-0.39, 0.29) is 10.4 Å². The summed E-state index contributed by atoms with van der Waals surface area (Å²) in [4.78, 5) is 51.3. The van der Waals surface area contributed by atoms with Crippen molar-refractivity contribution in [1.82, 2.24) is 4.90 Å². The number of carboxylic acids is 3. The van der Waals surface area contributed by atoms with Gasteiger partial charge in [0.1, 0.15) is 24.0 Å². The van der Waals surface area contributed by atoms with E-state index in [2.05, 4.69) is 11.0 Å². The quantitative estimate of drug-likeness (QED) is 0.302. The summed E-state index contributed by atoms with van der Waals surface area (Å²) in [6.45, 7) is -1.30. The van der Waals surface area contributed by atoms with Gasteiger partial charge < -0.3 is 25.1 Å². The van der Waals surface area contributed by atoms with Crippen LogP contribution in [0.1, 0.15) is 36.3 Å². The molecule has 3 N–H and O–H groups in total. The largest absolute Gasteiger partial charge is 0.480 e. The molecule has 1 amide bonds. The maximum absolute atomic E-state index is 12.7. The summed E-state index contributed by atoms with van der Waals surface area (Å²) in [6, 6.07) is 13.5. The molecule has 2 atom stereocenters. The topological polar surface area (TPSA) is 139 Å². The minimum absolute atomic E-state index is 0.227. The zero-order valence-electron chi connectivity index (χ0n) is 20.6. The number of aliphatic carboxylic acids is 3. The third-order valence-electron chi connectivity index (χ3n) is 7.13. The van der Waals surface area contributed by atoms with Crippen LogP contribution in [0.5, 0.6) is 0 Å². The van der Waals surface area contributed by atoms with Crippen molar-refractivity contribution in [3.63, 3.8) is 0 Å². The molecule has 2 aliphatic heterocycles. The van der Waals surface area contributed by atoms with E-state index < -0.39 is 43.4 Å². The predicted octanol–water partition coefficient (Wildman–Crippen LogP) is 3.74. The first-order valence-corrected chi connectivity index (χ1v) is 13.5. The minimum atomic E-state index is -1.12. The van der Waals surface area contributed by atoms with Crippen LogP contribution >= 0.6 is 24.0 Å². The lowest BCUT2D eigenvalue weighted by Gasteiger charge is -2.28. The van der Waals surface area contributed by atoms with Crippen molar-refractivity contribution < 1.29 is 34.5 Å². The van der Waals surface area contributed by atoms with Crippen LogP contribution in [0.2, 0.25) is 0 Å². The fourth-order valence-electron chi connectivity index (χ4n) is 5.61. The standard InChI is InChI=1S/C27H25N3O7S2/c31-23(32)12-28(13-24(33)34)16-5-7-17(8-6-16)30-20-3-1-2-18(20)19-10-15(4-9-21(19)30)11-22-26(37)29(14-25(35)36)27(38)39-22/h4-11,18,20H,1-3,12-14H2,(H,31,32)(H,33,34)(H,35,36)/b22-11+. The minimum Gasteiger partial charge on any atom is -0.480 e. The van der Waals surface area contributed by atoms with E-state index in [9.17, 15) is 29.4 Å². The summed E-state index contributed by atoms with van der Waals surface area (Å²) in [5.74, 6) is -3.44. The maximum atomic E-state index is 12.7. The Morgan fingerprint density at radius 2 is 1.69 bits per heavy atom. The van der Waals surface area contributed by atoms with Crippen LogP contribution < -0.4 is 9.80 Å². The van der Waals surface area contributed by atoms with Gasteiger partial charge in [-0.05, 0) is 66.4 Å². The van der Waals surface area contributed by atoms with Crippen LogP contribution in [-0.2, 0) is 19.2 Å². The van der Waals surface area contributed by atoms with Gasteiger partial charge in [0.15, 0.2) is 0 Å². The van der Waals surface area contributed by atoms with Crippen molar-refractivity contribution in [1.29, 1.82) is 0 Å². The number of rotatable bonds is 9. The highest BCUT2D eigenvalue weighted by Crippen LogP contribution is 2.52. The van der Waals surface area contributed by atoms with Gasteiger partial charge in [-0.2, -0.15) is 0 Å². The lowest BCUT2D eigenvalue weighted by atomic mass is 9.96. The van der Waals surface area contributed by atoms with Crippen molar-refractivity contribution in [3.8, 4) is 0 Å². The third-order valence-corrected chi connectivity index (χ3v) is 8.51. The second-order valence-corrected chi connectivity index (χ2v) is 11.3. The van der Waals surface area contributed by atoms with Crippen molar-refractivity contribution in [2.75, 3.05) is 29.4 Å². The number of carboxylic acid groups (broad SMARTS) is 3. The molecule has 1 saturated carbocycles. The average molecular weight is 568 g/mol. The van der Waals surface area contributed by atoms with Gasteiger partial charge in [-0.1, -0.05) is 36.5 Å². The van der Waals surface area contributed by atoms with Crippen LogP contribution in [0.3, 0.4) is 0 Å². The number of hydrogen-bond donors (Lipinski definition) is 3. The Morgan fingerprint density at radius 3 is 2.33 bits per heavy atom. The number of carbonyl (C=O) groups is 4. The highest BCUT2D eigenvalue weighted by molar-refractivity contribution is 8.26. The van der Waals surface area contributed by atoms with Gasteiger partial charge in [0.05, 0.1) is 4.91 Å². The smallest absolute Gasteiger partial charge is 0.323 e. The number of anilines is 3. The van der Waals surface area contributed by atoms with Gasteiger partial charge in [0.25, 0.3) is 5.91 Å². The predicted molar refractivity (Wildman–Crippen MR) is 150 cm³/mol. The molecule has 12 heteroatoms. The van der Waals surface area contributed by atoms with E-state index in [4.69, 9.17) is 17.3 Å². The van der Waals surface area contributed by atoms with E-state index >= 15 is 0 Å². The van der Waals surface area contributed by atoms with E-state index in [1.54, 1.807) is 18.2 Å². The Kier molecular flexibility index (Phi) is 7.32. The summed E-state index contributed by atoms with van der Waals surface area (Å²) in [7, 11) is 0. The Balaban J connectivity index is 1.43. The Hall–Kier alpha value is -3.90. The molecule has 202 valence electrons. The maximum Gasteiger partial charge on any atom is 0.323 e. The summed E-state index contributed by atoms with van der Waals surface area (Å²) in [5, 5.41) is 27.4. The van der Waals surface area contributed by atoms with Gasteiger partial charge >= 0.3 is 17.9 Å². The van der Waals surface area contributed by atoms with Gasteiger partial charge in [-0.15, -0.1) is 0 Å². The van der Waals surface area contributed by atoms with Crippen LogP contribution in [0.4, 0.5) is 17.1 Å². The van der Waals surface area contributed by atoms with Gasteiger partial charge in [-0.3, -0.25) is 24.1 Å². The van der Waals surface area contributed by atoms with Crippen LogP contribution in [-0.4, -0.2) is 74.0 Å². The summed E-state index contributed by atoms with van der Waals surface area (Å²) >= 11 is 6.30. The number of nitrogens with zero attached hydrogens (tertiary/aromatic N) is 3. The molecule has 0 bridgehead atoms. The number of thiocarbonyl (C=S) groups is 1. The Labute approximate surface area is 233 Å². The average Bonchev–Trinajstić information content (AvgIpc) is 3.53. The first-order chi connectivity index (χ1) is 18.6. The molecule has 2 fully saturated rings. The van der Waals surface area contributed by atoms with E-state index in [0.717, 1.165) is 52.9 Å². The normalized spacial score (nSPS) is 20.9. The van der Waals surface area contributed by atoms with Gasteiger partial charge in [0, 0.05) is 29.0 Å². The molecule has 0 aromatic heterocycles. The lowest BCUT2D eigenvalue weighted by molar-refractivity contribution is -0.140. The van der Waals surface area contributed by atoms with E-state index in [1.165, 1.54) is 10.5 Å². The van der Waals surface area contributed by atoms with Crippen molar-refractivity contribution in [3.05, 3.63) is 58.5 Å². The Bertz CT molecular complexity index is 1390. The molecule has 39 heavy (non-hydrogen) atoms. The molecule has 1 saturated heterocycles. The van der Waals surface area contributed by atoms with E-state index in [0.29, 0.717) is 16.5 Å². The molecular weight excluding hydrogens is 542 g/mol. The fourth-order valence-corrected chi connectivity index (χ4v) is 6.87. The fraction of sp³-hybridized carbons (Fsp3) is 0.296. The highest BCUT2D eigenvalue weighted by Gasteiger charge is 2.42. The molecule has 2 unspecified atom stereocenters. The molecular formula is C27H25N3O7S2. The molecule has 1 aliphatic carbocycles. The number of hydrogen-bond acceptors (Lipinski definition) is 8. The molecule has 10 nitrogen and oxygen atoms in total. The van der Waals surface area contributed by atoms with Crippen molar-refractivity contribution >= 4 is 75.3 Å². The van der Waals surface area contributed by atoms with E-state index in [1.807, 2.05) is 24.3 Å². The second-order valence-electron chi connectivity index (χ2n) is 9.61.